The molecular weight excluding hydrogens is 244 g/mol. The molecule has 0 aliphatic rings. The van der Waals surface area contributed by atoms with Crippen molar-refractivity contribution in [3.8, 4) is 5.75 Å². The molecule has 104 valence electrons. The summed E-state index contributed by atoms with van der Waals surface area (Å²) in [6.45, 7) is 0.584. The molecule has 0 aromatic heterocycles. The van der Waals surface area contributed by atoms with Gasteiger partial charge in [-0.15, -0.1) is 0 Å². The molecule has 5 heteroatoms. The smallest absolute Gasteiger partial charge is 0.219 e. The van der Waals surface area contributed by atoms with Crippen molar-refractivity contribution < 1.29 is 14.3 Å². The number of amides is 1. The van der Waals surface area contributed by atoms with E-state index in [2.05, 4.69) is 0 Å². The molecule has 0 heterocycles. The Bertz CT molecular complexity index is 404. The van der Waals surface area contributed by atoms with Crippen molar-refractivity contribution in [2.45, 2.75) is 31.7 Å². The maximum atomic E-state index is 10.8. The van der Waals surface area contributed by atoms with Crippen molar-refractivity contribution in [2.75, 3.05) is 6.61 Å². The van der Waals surface area contributed by atoms with Gasteiger partial charge in [0.25, 0.3) is 0 Å². The molecule has 1 aromatic carbocycles. The number of hydrogen-bond donors (Lipinski definition) is 2. The van der Waals surface area contributed by atoms with Gasteiger partial charge in [0, 0.05) is 18.9 Å². The van der Waals surface area contributed by atoms with Gasteiger partial charge in [-0.1, -0.05) is 12.1 Å². The van der Waals surface area contributed by atoms with Crippen LogP contribution in [0.4, 0.5) is 0 Å². The summed E-state index contributed by atoms with van der Waals surface area (Å²) < 4.78 is 5.52. The second-order valence-corrected chi connectivity index (χ2v) is 4.36. The highest BCUT2D eigenvalue weighted by molar-refractivity contribution is 5.74. The molecular formula is C14H20N2O3. The summed E-state index contributed by atoms with van der Waals surface area (Å²) in [6, 6.07) is 6.91. The Labute approximate surface area is 112 Å². The highest BCUT2D eigenvalue weighted by Crippen LogP contribution is 2.18. The summed E-state index contributed by atoms with van der Waals surface area (Å²) in [5.41, 5.74) is 11.8. The van der Waals surface area contributed by atoms with E-state index in [1.165, 1.54) is 0 Å². The van der Waals surface area contributed by atoms with Crippen LogP contribution < -0.4 is 16.2 Å². The Morgan fingerprint density at radius 3 is 2.53 bits per heavy atom. The zero-order chi connectivity index (χ0) is 14.1. The number of aldehydes is 1. The van der Waals surface area contributed by atoms with E-state index in [0.717, 1.165) is 30.4 Å². The predicted octanol–water partition coefficient (Wildman–Crippen LogP) is 1.31. The van der Waals surface area contributed by atoms with Gasteiger partial charge in [-0.3, -0.25) is 4.79 Å². The number of benzene rings is 1. The lowest BCUT2D eigenvalue weighted by Crippen LogP contribution is -2.20. The van der Waals surface area contributed by atoms with Gasteiger partial charge in [0.1, 0.15) is 12.0 Å². The van der Waals surface area contributed by atoms with Crippen molar-refractivity contribution in [1.29, 1.82) is 0 Å². The van der Waals surface area contributed by atoms with Gasteiger partial charge >= 0.3 is 0 Å². The Morgan fingerprint density at radius 1 is 1.26 bits per heavy atom. The Kier molecular flexibility index (Phi) is 6.60. The monoisotopic (exact) mass is 264 g/mol. The fraction of sp³-hybridized carbons (Fsp3) is 0.429. The quantitative estimate of drug-likeness (QED) is 0.519. The summed E-state index contributed by atoms with van der Waals surface area (Å²) >= 11 is 0. The molecule has 0 saturated heterocycles. The van der Waals surface area contributed by atoms with Gasteiger partial charge in [0.2, 0.25) is 5.91 Å². The zero-order valence-electron chi connectivity index (χ0n) is 10.9. The minimum atomic E-state index is -0.414. The van der Waals surface area contributed by atoms with Crippen molar-refractivity contribution >= 4 is 12.2 Å². The highest BCUT2D eigenvalue weighted by atomic mass is 16.5. The molecule has 4 N–H and O–H groups in total. The third kappa shape index (κ3) is 6.01. The lowest BCUT2D eigenvalue weighted by molar-refractivity contribution is -0.118. The summed E-state index contributed by atoms with van der Waals surface area (Å²) in [5.74, 6) is 0.337. The van der Waals surface area contributed by atoms with Crippen LogP contribution in [0.25, 0.3) is 0 Å². The van der Waals surface area contributed by atoms with E-state index in [1.807, 2.05) is 24.3 Å². The Morgan fingerprint density at radius 2 is 1.95 bits per heavy atom. The van der Waals surface area contributed by atoms with Crippen LogP contribution in [0.5, 0.6) is 5.75 Å². The van der Waals surface area contributed by atoms with Crippen molar-refractivity contribution in [3.05, 3.63) is 29.8 Å². The van der Waals surface area contributed by atoms with E-state index >= 15 is 0 Å². The molecule has 1 aromatic rings. The van der Waals surface area contributed by atoms with Crippen molar-refractivity contribution in [1.82, 2.24) is 0 Å². The molecule has 0 aliphatic heterocycles. The number of nitrogens with two attached hydrogens (primary N) is 2. The largest absolute Gasteiger partial charge is 0.494 e. The summed E-state index contributed by atoms with van der Waals surface area (Å²) in [6.07, 6.45) is 3.30. The summed E-state index contributed by atoms with van der Waals surface area (Å²) in [5, 5.41) is 0. The standard InChI is InChI=1S/C14H20N2O3/c15-13(10-14(16)18)11-4-6-12(7-5-11)19-9-3-1-2-8-17/h4-8,13H,1-3,9-10,15H2,(H2,16,18). The summed E-state index contributed by atoms with van der Waals surface area (Å²) in [7, 11) is 0. The fourth-order valence-electron chi connectivity index (χ4n) is 1.67. The third-order valence-corrected chi connectivity index (χ3v) is 2.71. The highest BCUT2D eigenvalue weighted by Gasteiger charge is 2.09. The van der Waals surface area contributed by atoms with Crippen molar-refractivity contribution in [3.63, 3.8) is 0 Å². The lowest BCUT2D eigenvalue weighted by Gasteiger charge is -2.11. The van der Waals surface area contributed by atoms with Crippen LogP contribution in [0.15, 0.2) is 24.3 Å². The van der Waals surface area contributed by atoms with Gasteiger partial charge in [0.05, 0.1) is 6.61 Å². The third-order valence-electron chi connectivity index (χ3n) is 2.71. The van der Waals surface area contributed by atoms with Crippen LogP contribution in [0.3, 0.4) is 0 Å². The molecule has 1 amide bonds. The lowest BCUT2D eigenvalue weighted by atomic mass is 10.0. The first-order chi connectivity index (χ1) is 9.13. The first-order valence-electron chi connectivity index (χ1n) is 6.33. The zero-order valence-corrected chi connectivity index (χ0v) is 10.9. The minimum Gasteiger partial charge on any atom is -0.494 e. The number of rotatable bonds is 9. The Hall–Kier alpha value is -1.88. The molecule has 1 atom stereocenters. The molecule has 0 saturated carbocycles. The number of carbonyl (C=O) groups excluding carboxylic acids is 2. The van der Waals surface area contributed by atoms with Gasteiger partial charge in [0.15, 0.2) is 0 Å². The maximum Gasteiger partial charge on any atom is 0.219 e. The molecule has 0 aliphatic carbocycles. The second kappa shape index (κ2) is 8.26. The van der Waals surface area contributed by atoms with E-state index < -0.39 is 5.91 Å². The number of hydrogen-bond acceptors (Lipinski definition) is 4. The molecule has 5 nitrogen and oxygen atoms in total. The minimum absolute atomic E-state index is 0.131. The van der Waals surface area contributed by atoms with E-state index in [0.29, 0.717) is 13.0 Å². The van der Waals surface area contributed by atoms with Crippen LogP contribution in [0, 0.1) is 0 Å². The molecule has 19 heavy (non-hydrogen) atoms. The predicted molar refractivity (Wildman–Crippen MR) is 72.6 cm³/mol. The summed E-state index contributed by atoms with van der Waals surface area (Å²) in [4.78, 5) is 20.9. The van der Waals surface area contributed by atoms with E-state index in [9.17, 15) is 9.59 Å². The van der Waals surface area contributed by atoms with Crippen LogP contribution in [-0.4, -0.2) is 18.8 Å². The molecule has 0 radical (unpaired) electrons. The Balaban J connectivity index is 2.38. The van der Waals surface area contributed by atoms with Crippen molar-refractivity contribution in [2.24, 2.45) is 11.5 Å². The van der Waals surface area contributed by atoms with Gasteiger partial charge < -0.3 is 21.0 Å². The van der Waals surface area contributed by atoms with E-state index in [-0.39, 0.29) is 12.5 Å². The number of ether oxygens (including phenoxy) is 1. The molecule has 1 unspecified atom stereocenters. The molecule has 0 bridgehead atoms. The van der Waals surface area contributed by atoms with Crippen LogP contribution in [0.1, 0.15) is 37.3 Å². The normalized spacial score (nSPS) is 11.8. The fourth-order valence-corrected chi connectivity index (χ4v) is 1.67. The van der Waals surface area contributed by atoms with Gasteiger partial charge in [-0.25, -0.2) is 0 Å². The number of unbranched alkanes of at least 4 members (excludes halogenated alkanes) is 2. The SMILES string of the molecule is NC(=O)CC(N)c1ccc(OCCCCC=O)cc1. The van der Waals surface area contributed by atoms with Gasteiger partial charge in [-0.05, 0) is 30.5 Å². The average molecular weight is 264 g/mol. The van der Waals surface area contributed by atoms with Crippen LogP contribution >= 0.6 is 0 Å². The second-order valence-electron chi connectivity index (χ2n) is 4.36. The van der Waals surface area contributed by atoms with Crippen LogP contribution in [0.2, 0.25) is 0 Å². The van der Waals surface area contributed by atoms with Crippen LogP contribution in [-0.2, 0) is 9.59 Å². The number of primary amides is 1. The molecule has 0 spiro atoms. The average Bonchev–Trinajstić information content (AvgIpc) is 2.38. The first kappa shape index (κ1) is 15.2. The topological polar surface area (TPSA) is 95.4 Å². The number of carbonyl (C=O) groups is 2. The van der Waals surface area contributed by atoms with E-state index in [1.54, 1.807) is 0 Å². The van der Waals surface area contributed by atoms with Gasteiger partial charge in [-0.2, -0.15) is 0 Å². The maximum absolute atomic E-state index is 10.8. The molecule has 1 rings (SSSR count). The molecule has 0 fully saturated rings. The first-order valence-corrected chi connectivity index (χ1v) is 6.33. The van der Waals surface area contributed by atoms with E-state index in [4.69, 9.17) is 16.2 Å².